The molecule has 0 bridgehead atoms. The maximum atomic E-state index is 8.65. The highest BCUT2D eigenvalue weighted by Gasteiger charge is 2.23. The maximum Gasteiger partial charge on any atom is 0.257 e. The quantitative estimate of drug-likeness (QED) is 0.748. The Kier molecular flexibility index (Phi) is 6.25. The number of unbranched alkanes of at least 4 members (excludes halogenated alkanes) is 1. The Hall–Kier alpha value is -1.87. The second kappa shape index (κ2) is 8.84. The summed E-state index contributed by atoms with van der Waals surface area (Å²) in [4.78, 5) is 13.7. The van der Waals surface area contributed by atoms with Crippen molar-refractivity contribution in [1.82, 2.24) is 14.9 Å². The highest BCUT2D eigenvalue weighted by molar-refractivity contribution is 5.48. The molecule has 6 heteroatoms. The average molecular weight is 329 g/mol. The molecular weight excluding hydrogens is 302 g/mol. The van der Waals surface area contributed by atoms with Crippen molar-refractivity contribution in [2.24, 2.45) is 0 Å². The largest absolute Gasteiger partial charge is 0.472 e. The van der Waals surface area contributed by atoms with E-state index in [1.807, 2.05) is 0 Å². The van der Waals surface area contributed by atoms with E-state index in [-0.39, 0.29) is 0 Å². The van der Waals surface area contributed by atoms with Gasteiger partial charge in [0.25, 0.3) is 5.88 Å². The van der Waals surface area contributed by atoms with Crippen molar-refractivity contribution in [2.75, 3.05) is 37.6 Å². The zero-order valence-electron chi connectivity index (χ0n) is 14.4. The molecular formula is C18H27N5O. The van der Waals surface area contributed by atoms with E-state index in [1.54, 1.807) is 12.4 Å². The standard InChI is InChI=1S/C18H27N5O/c19-8-4-5-11-22-12-14-23(15-13-22)17-18(21-10-9-20-17)24-16-6-2-1-3-7-16/h9-10,16H,1-7,11-15H2. The van der Waals surface area contributed by atoms with Crippen LogP contribution in [0.3, 0.4) is 0 Å². The third-order valence-electron chi connectivity index (χ3n) is 4.91. The molecule has 1 aromatic rings. The van der Waals surface area contributed by atoms with Gasteiger partial charge in [-0.25, -0.2) is 9.97 Å². The third-order valence-corrected chi connectivity index (χ3v) is 4.91. The number of hydrogen-bond donors (Lipinski definition) is 0. The Morgan fingerprint density at radius 1 is 1.08 bits per heavy atom. The molecule has 1 aromatic heterocycles. The number of piperazine rings is 1. The topological polar surface area (TPSA) is 65.3 Å². The van der Waals surface area contributed by atoms with E-state index in [0.29, 0.717) is 18.4 Å². The zero-order chi connectivity index (χ0) is 16.6. The Bertz CT molecular complexity index is 545. The SMILES string of the molecule is N#CCCCN1CCN(c2nccnc2OC2CCCCC2)CC1. The molecule has 1 saturated carbocycles. The number of ether oxygens (including phenoxy) is 1. The Morgan fingerprint density at radius 3 is 2.58 bits per heavy atom. The van der Waals surface area contributed by atoms with Gasteiger partial charge in [0.2, 0.25) is 0 Å². The molecule has 0 N–H and O–H groups in total. The summed E-state index contributed by atoms with van der Waals surface area (Å²) < 4.78 is 6.18. The highest BCUT2D eigenvalue weighted by Crippen LogP contribution is 2.28. The molecule has 1 saturated heterocycles. The van der Waals surface area contributed by atoms with Gasteiger partial charge in [0.15, 0.2) is 5.82 Å². The molecule has 0 spiro atoms. The fourth-order valence-electron chi connectivity index (χ4n) is 3.52. The Labute approximate surface area is 144 Å². The van der Waals surface area contributed by atoms with E-state index >= 15 is 0 Å². The molecule has 6 nitrogen and oxygen atoms in total. The van der Waals surface area contributed by atoms with Crippen LogP contribution in [0, 0.1) is 11.3 Å². The second-order valence-corrected chi connectivity index (χ2v) is 6.65. The van der Waals surface area contributed by atoms with E-state index in [2.05, 4.69) is 25.8 Å². The first-order valence-corrected chi connectivity index (χ1v) is 9.19. The first kappa shape index (κ1) is 17.0. The van der Waals surface area contributed by atoms with Gasteiger partial charge in [0.05, 0.1) is 6.07 Å². The van der Waals surface area contributed by atoms with Crippen molar-refractivity contribution in [3.63, 3.8) is 0 Å². The van der Waals surface area contributed by atoms with Gasteiger partial charge in [0.1, 0.15) is 6.10 Å². The molecule has 2 heterocycles. The minimum absolute atomic E-state index is 0.293. The summed E-state index contributed by atoms with van der Waals surface area (Å²) in [7, 11) is 0. The fraction of sp³-hybridized carbons (Fsp3) is 0.722. The first-order chi connectivity index (χ1) is 11.9. The van der Waals surface area contributed by atoms with Crippen molar-refractivity contribution in [2.45, 2.75) is 51.0 Å². The van der Waals surface area contributed by atoms with Crippen LogP contribution >= 0.6 is 0 Å². The van der Waals surface area contributed by atoms with E-state index in [9.17, 15) is 0 Å². The lowest BCUT2D eigenvalue weighted by atomic mass is 9.98. The molecule has 0 radical (unpaired) electrons. The molecule has 1 aliphatic carbocycles. The fourth-order valence-corrected chi connectivity index (χ4v) is 3.52. The monoisotopic (exact) mass is 329 g/mol. The number of nitriles is 1. The summed E-state index contributed by atoms with van der Waals surface area (Å²) >= 11 is 0. The number of aromatic nitrogens is 2. The number of hydrogen-bond acceptors (Lipinski definition) is 6. The van der Waals surface area contributed by atoms with E-state index in [0.717, 1.165) is 57.8 Å². The van der Waals surface area contributed by atoms with Crippen LogP contribution in [0.4, 0.5) is 5.82 Å². The summed E-state index contributed by atoms with van der Waals surface area (Å²) in [6.07, 6.45) is 11.4. The Morgan fingerprint density at radius 2 is 1.83 bits per heavy atom. The molecule has 0 aromatic carbocycles. The summed E-state index contributed by atoms with van der Waals surface area (Å²) in [6, 6.07) is 2.22. The lowest BCUT2D eigenvalue weighted by Crippen LogP contribution is -2.47. The maximum absolute atomic E-state index is 8.65. The van der Waals surface area contributed by atoms with Gasteiger partial charge in [-0.3, -0.25) is 4.90 Å². The van der Waals surface area contributed by atoms with Crippen LogP contribution in [0.1, 0.15) is 44.9 Å². The van der Waals surface area contributed by atoms with Crippen molar-refractivity contribution in [1.29, 1.82) is 5.26 Å². The van der Waals surface area contributed by atoms with Crippen molar-refractivity contribution in [3.05, 3.63) is 12.4 Å². The predicted molar refractivity (Wildman–Crippen MR) is 93.0 cm³/mol. The number of nitrogens with zero attached hydrogens (tertiary/aromatic N) is 5. The summed E-state index contributed by atoms with van der Waals surface area (Å²) in [6.45, 7) is 4.89. The van der Waals surface area contributed by atoms with Gasteiger partial charge < -0.3 is 9.64 Å². The normalized spacial score (nSPS) is 19.9. The molecule has 2 fully saturated rings. The van der Waals surface area contributed by atoms with Crippen LogP contribution in [-0.2, 0) is 0 Å². The van der Waals surface area contributed by atoms with Gasteiger partial charge in [-0.2, -0.15) is 5.26 Å². The molecule has 2 aliphatic rings. The molecule has 1 aliphatic heterocycles. The molecule has 0 atom stereocenters. The number of rotatable bonds is 6. The van der Waals surface area contributed by atoms with Gasteiger partial charge in [0, 0.05) is 45.0 Å². The van der Waals surface area contributed by atoms with Crippen molar-refractivity contribution < 1.29 is 4.74 Å². The van der Waals surface area contributed by atoms with Crippen molar-refractivity contribution in [3.8, 4) is 11.9 Å². The summed E-state index contributed by atoms with van der Waals surface area (Å²) in [5, 5.41) is 8.65. The molecule has 24 heavy (non-hydrogen) atoms. The van der Waals surface area contributed by atoms with Gasteiger partial charge >= 0.3 is 0 Å². The van der Waals surface area contributed by atoms with Gasteiger partial charge in [-0.05, 0) is 38.6 Å². The van der Waals surface area contributed by atoms with Crippen LogP contribution < -0.4 is 9.64 Å². The highest BCUT2D eigenvalue weighted by atomic mass is 16.5. The van der Waals surface area contributed by atoms with Crippen LogP contribution in [-0.4, -0.2) is 53.7 Å². The zero-order valence-corrected chi connectivity index (χ0v) is 14.4. The second-order valence-electron chi connectivity index (χ2n) is 6.65. The third kappa shape index (κ3) is 4.57. The minimum atomic E-state index is 0.293. The van der Waals surface area contributed by atoms with Crippen LogP contribution in [0.15, 0.2) is 12.4 Å². The van der Waals surface area contributed by atoms with E-state index < -0.39 is 0 Å². The molecule has 130 valence electrons. The van der Waals surface area contributed by atoms with Crippen molar-refractivity contribution >= 4 is 5.82 Å². The van der Waals surface area contributed by atoms with E-state index in [4.69, 9.17) is 10.00 Å². The van der Waals surface area contributed by atoms with E-state index in [1.165, 1.54) is 19.3 Å². The van der Waals surface area contributed by atoms with Gasteiger partial charge in [-0.1, -0.05) is 6.42 Å². The van der Waals surface area contributed by atoms with Gasteiger partial charge in [-0.15, -0.1) is 0 Å². The lowest BCUT2D eigenvalue weighted by Gasteiger charge is -2.36. The van der Waals surface area contributed by atoms with Crippen LogP contribution in [0.25, 0.3) is 0 Å². The Balaban J connectivity index is 1.56. The number of anilines is 1. The molecule has 0 unspecified atom stereocenters. The molecule has 3 rings (SSSR count). The average Bonchev–Trinajstić information content (AvgIpc) is 2.64. The summed E-state index contributed by atoms with van der Waals surface area (Å²) in [5.74, 6) is 1.59. The summed E-state index contributed by atoms with van der Waals surface area (Å²) in [5.41, 5.74) is 0. The molecule has 0 amide bonds. The van der Waals surface area contributed by atoms with Crippen LogP contribution in [0.5, 0.6) is 5.88 Å². The predicted octanol–water partition coefficient (Wildman–Crippen LogP) is 2.61. The minimum Gasteiger partial charge on any atom is -0.472 e. The lowest BCUT2D eigenvalue weighted by molar-refractivity contribution is 0.148. The van der Waals surface area contributed by atoms with Crippen LogP contribution in [0.2, 0.25) is 0 Å². The first-order valence-electron chi connectivity index (χ1n) is 9.19. The smallest absolute Gasteiger partial charge is 0.257 e.